The summed E-state index contributed by atoms with van der Waals surface area (Å²) >= 11 is 0. The average Bonchev–Trinajstić information content (AvgIpc) is 2.36. The number of guanidine groups is 1. The largest absolute Gasteiger partial charge is 0.325 e. The van der Waals surface area contributed by atoms with Crippen molar-refractivity contribution in [1.82, 2.24) is 10.3 Å². The summed E-state index contributed by atoms with van der Waals surface area (Å²) < 4.78 is 0. The highest BCUT2D eigenvalue weighted by Crippen LogP contribution is 2.16. The van der Waals surface area contributed by atoms with Gasteiger partial charge in [0, 0.05) is 18.1 Å². The van der Waals surface area contributed by atoms with Gasteiger partial charge in [-0.2, -0.15) is 5.26 Å². The van der Waals surface area contributed by atoms with Crippen LogP contribution in [0.2, 0.25) is 0 Å². The highest BCUT2D eigenvalue weighted by Gasteiger charge is 2.17. The van der Waals surface area contributed by atoms with Gasteiger partial charge in [0.15, 0.2) is 6.19 Å². The van der Waals surface area contributed by atoms with E-state index >= 15 is 0 Å². The van der Waals surface area contributed by atoms with Crippen LogP contribution in [-0.2, 0) is 0 Å². The minimum Gasteiger partial charge on any atom is -0.325 e. The number of anilines is 1. The first kappa shape index (κ1) is 15.0. The second-order valence-electron chi connectivity index (χ2n) is 5.05. The van der Waals surface area contributed by atoms with Gasteiger partial charge in [0.25, 0.3) is 0 Å². The SMILES string of the molecule is CC(C)C(N=C(NC#N)Nc1ccncc1)C(C)C. The number of hydrogen-bond acceptors (Lipinski definition) is 3. The summed E-state index contributed by atoms with van der Waals surface area (Å²) in [6.45, 7) is 8.52. The van der Waals surface area contributed by atoms with Crippen molar-refractivity contribution in [3.8, 4) is 6.19 Å². The molecule has 1 heterocycles. The van der Waals surface area contributed by atoms with Crippen molar-refractivity contribution >= 4 is 11.6 Å². The predicted octanol–water partition coefficient (Wildman–Crippen LogP) is 2.60. The number of nitrogens with zero attached hydrogens (tertiary/aromatic N) is 3. The molecular weight excluding hydrogens is 238 g/mol. The molecule has 0 fully saturated rings. The molecule has 0 spiro atoms. The standard InChI is InChI=1S/C14H21N5/c1-10(2)13(11(3)4)19-14(17-9-15)18-12-5-7-16-8-6-12/h5-8,10-11,13H,1-4H3,(H2,16,17,18,19). The lowest BCUT2D eigenvalue weighted by Crippen LogP contribution is -2.31. The number of nitriles is 1. The lowest BCUT2D eigenvalue weighted by atomic mass is 9.94. The van der Waals surface area contributed by atoms with E-state index in [2.05, 4.69) is 48.3 Å². The van der Waals surface area contributed by atoms with Crippen molar-refractivity contribution in [2.24, 2.45) is 16.8 Å². The zero-order valence-electron chi connectivity index (χ0n) is 11.9. The molecule has 0 radical (unpaired) electrons. The first-order valence-electron chi connectivity index (χ1n) is 6.44. The van der Waals surface area contributed by atoms with Gasteiger partial charge in [-0.3, -0.25) is 10.3 Å². The molecule has 5 nitrogen and oxygen atoms in total. The Hall–Kier alpha value is -2.09. The Morgan fingerprint density at radius 3 is 2.26 bits per heavy atom. The minimum absolute atomic E-state index is 0.158. The molecule has 0 aliphatic carbocycles. The number of aliphatic imine (C=N–C) groups is 1. The van der Waals surface area contributed by atoms with Crippen LogP contribution in [0, 0.1) is 23.3 Å². The van der Waals surface area contributed by atoms with E-state index in [1.54, 1.807) is 12.4 Å². The Kier molecular flexibility index (Phi) is 5.80. The quantitative estimate of drug-likeness (QED) is 0.377. The number of aromatic nitrogens is 1. The van der Waals surface area contributed by atoms with Crippen LogP contribution in [-0.4, -0.2) is 17.0 Å². The summed E-state index contributed by atoms with van der Waals surface area (Å²) in [7, 11) is 0. The maximum absolute atomic E-state index is 8.81. The Bertz CT molecular complexity index is 437. The molecule has 0 saturated carbocycles. The van der Waals surface area contributed by atoms with Crippen LogP contribution in [0.3, 0.4) is 0 Å². The van der Waals surface area contributed by atoms with Crippen molar-refractivity contribution in [2.75, 3.05) is 5.32 Å². The van der Waals surface area contributed by atoms with E-state index in [9.17, 15) is 0 Å². The third-order valence-corrected chi connectivity index (χ3v) is 2.76. The summed E-state index contributed by atoms with van der Waals surface area (Å²) in [6, 6.07) is 3.81. The summed E-state index contributed by atoms with van der Waals surface area (Å²) in [6.07, 6.45) is 5.29. The fraction of sp³-hybridized carbons (Fsp3) is 0.500. The minimum atomic E-state index is 0.158. The van der Waals surface area contributed by atoms with E-state index in [0.29, 0.717) is 17.8 Å². The molecule has 102 valence electrons. The molecule has 0 atom stereocenters. The number of nitrogens with one attached hydrogen (secondary N) is 2. The molecule has 0 amide bonds. The van der Waals surface area contributed by atoms with Gasteiger partial charge in [0.2, 0.25) is 5.96 Å². The molecule has 5 heteroatoms. The van der Waals surface area contributed by atoms with E-state index in [1.165, 1.54) is 0 Å². The zero-order chi connectivity index (χ0) is 14.3. The van der Waals surface area contributed by atoms with Gasteiger partial charge in [-0.25, -0.2) is 4.99 Å². The molecule has 1 rings (SSSR count). The third-order valence-electron chi connectivity index (χ3n) is 2.76. The summed E-state index contributed by atoms with van der Waals surface area (Å²) in [5.74, 6) is 1.30. The first-order valence-corrected chi connectivity index (χ1v) is 6.44. The van der Waals surface area contributed by atoms with E-state index < -0.39 is 0 Å². The Labute approximate surface area is 114 Å². The van der Waals surface area contributed by atoms with Crippen molar-refractivity contribution in [2.45, 2.75) is 33.7 Å². The van der Waals surface area contributed by atoms with Crippen LogP contribution >= 0.6 is 0 Å². The van der Waals surface area contributed by atoms with Gasteiger partial charge in [-0.1, -0.05) is 27.7 Å². The van der Waals surface area contributed by atoms with Crippen LogP contribution < -0.4 is 10.6 Å². The van der Waals surface area contributed by atoms with Crippen LogP contribution in [0.5, 0.6) is 0 Å². The van der Waals surface area contributed by atoms with E-state index in [1.807, 2.05) is 18.3 Å². The number of rotatable bonds is 4. The Morgan fingerprint density at radius 1 is 1.21 bits per heavy atom. The molecule has 0 aliphatic heterocycles. The molecule has 0 aromatic carbocycles. The molecule has 0 saturated heterocycles. The van der Waals surface area contributed by atoms with Crippen LogP contribution in [0.15, 0.2) is 29.5 Å². The molecular formula is C14H21N5. The lowest BCUT2D eigenvalue weighted by molar-refractivity contribution is 0.388. The second-order valence-corrected chi connectivity index (χ2v) is 5.05. The van der Waals surface area contributed by atoms with Crippen molar-refractivity contribution in [1.29, 1.82) is 5.26 Å². The summed E-state index contributed by atoms with van der Waals surface area (Å²) in [5.41, 5.74) is 0.850. The van der Waals surface area contributed by atoms with Gasteiger partial charge in [-0.05, 0) is 24.0 Å². The maximum Gasteiger partial charge on any atom is 0.209 e. The number of pyridine rings is 1. The highest BCUT2D eigenvalue weighted by molar-refractivity contribution is 5.94. The molecule has 2 N–H and O–H groups in total. The van der Waals surface area contributed by atoms with Gasteiger partial charge in [-0.15, -0.1) is 0 Å². The topological polar surface area (TPSA) is 73.1 Å². The van der Waals surface area contributed by atoms with Crippen molar-refractivity contribution in [3.63, 3.8) is 0 Å². The van der Waals surface area contributed by atoms with Crippen LogP contribution in [0.4, 0.5) is 5.69 Å². The lowest BCUT2D eigenvalue weighted by Gasteiger charge is -2.22. The van der Waals surface area contributed by atoms with Gasteiger partial charge >= 0.3 is 0 Å². The van der Waals surface area contributed by atoms with Crippen molar-refractivity contribution in [3.05, 3.63) is 24.5 Å². The van der Waals surface area contributed by atoms with E-state index in [-0.39, 0.29) is 6.04 Å². The second kappa shape index (κ2) is 7.37. The zero-order valence-corrected chi connectivity index (χ0v) is 11.9. The van der Waals surface area contributed by atoms with Gasteiger partial charge in [0.05, 0.1) is 6.04 Å². The Balaban J connectivity index is 2.90. The normalized spacial score (nSPS) is 11.8. The average molecular weight is 259 g/mol. The molecule has 19 heavy (non-hydrogen) atoms. The fourth-order valence-corrected chi connectivity index (χ4v) is 1.94. The van der Waals surface area contributed by atoms with Gasteiger partial charge in [0.1, 0.15) is 0 Å². The highest BCUT2D eigenvalue weighted by atomic mass is 15.2. The third kappa shape index (κ3) is 4.96. The Morgan fingerprint density at radius 2 is 1.79 bits per heavy atom. The summed E-state index contributed by atoms with van der Waals surface area (Å²) in [5, 5.41) is 14.5. The summed E-state index contributed by atoms with van der Waals surface area (Å²) in [4.78, 5) is 8.56. The van der Waals surface area contributed by atoms with E-state index in [4.69, 9.17) is 5.26 Å². The maximum atomic E-state index is 8.81. The monoisotopic (exact) mass is 259 g/mol. The van der Waals surface area contributed by atoms with Crippen LogP contribution in [0.1, 0.15) is 27.7 Å². The molecule has 0 aliphatic rings. The van der Waals surface area contributed by atoms with Crippen LogP contribution in [0.25, 0.3) is 0 Å². The number of hydrogen-bond donors (Lipinski definition) is 2. The smallest absolute Gasteiger partial charge is 0.209 e. The molecule has 1 aromatic rings. The van der Waals surface area contributed by atoms with Gasteiger partial charge < -0.3 is 5.32 Å². The molecule has 0 bridgehead atoms. The predicted molar refractivity (Wildman–Crippen MR) is 77.5 cm³/mol. The van der Waals surface area contributed by atoms with E-state index in [0.717, 1.165) is 5.69 Å². The fourth-order valence-electron chi connectivity index (χ4n) is 1.94. The molecule has 1 aromatic heterocycles. The molecule has 0 unspecified atom stereocenters. The van der Waals surface area contributed by atoms with Crippen molar-refractivity contribution < 1.29 is 0 Å². The first-order chi connectivity index (χ1) is 9.04.